The van der Waals surface area contributed by atoms with Crippen LogP contribution in [0.3, 0.4) is 0 Å². The normalized spacial score (nSPS) is 19.6. The average Bonchev–Trinajstić information content (AvgIpc) is 3.10. The summed E-state index contributed by atoms with van der Waals surface area (Å²) in [4.78, 5) is 19.2. The van der Waals surface area contributed by atoms with E-state index in [4.69, 9.17) is 0 Å². The zero-order chi connectivity index (χ0) is 16.2. The fourth-order valence-electron chi connectivity index (χ4n) is 3.22. The van der Waals surface area contributed by atoms with Crippen LogP contribution in [0.2, 0.25) is 0 Å². The van der Waals surface area contributed by atoms with E-state index in [0.717, 1.165) is 30.8 Å². The minimum absolute atomic E-state index is 0.0827. The summed E-state index contributed by atoms with van der Waals surface area (Å²) in [6.07, 6.45) is 5.34. The number of likely N-dealkylation sites (tertiary alicyclic amines) is 1. The number of piperidine rings is 1. The first-order chi connectivity index (χ1) is 11.2. The van der Waals surface area contributed by atoms with Gasteiger partial charge in [-0.05, 0) is 37.3 Å². The van der Waals surface area contributed by atoms with Crippen LogP contribution in [-0.4, -0.2) is 22.3 Å². The van der Waals surface area contributed by atoms with Crippen molar-refractivity contribution in [1.82, 2.24) is 9.88 Å². The molecule has 0 unspecified atom stereocenters. The minimum atomic E-state index is -0.234. The Hall–Kier alpha value is -1.75. The maximum Gasteiger partial charge on any atom is 0.226 e. The van der Waals surface area contributed by atoms with Crippen molar-refractivity contribution in [3.05, 3.63) is 52.2 Å². The zero-order valence-corrected chi connectivity index (χ0v) is 14.1. The number of carbonyl (C=O) groups is 1. The first-order valence-corrected chi connectivity index (χ1v) is 8.98. The summed E-state index contributed by atoms with van der Waals surface area (Å²) in [7, 11) is 0. The second kappa shape index (κ2) is 7.21. The molecule has 23 heavy (non-hydrogen) atoms. The van der Waals surface area contributed by atoms with Crippen molar-refractivity contribution in [2.75, 3.05) is 6.54 Å². The maximum atomic E-state index is 13.8. The number of nitrogens with zero attached hydrogens (tertiary/aromatic N) is 2. The molecular formula is C18H21FN2OS. The standard InChI is InChI=1S/C18H21FN2OS/c1-13(12-14-6-2-3-7-15(14)19)18(22)21-10-5-4-8-16(21)17-20-9-11-23-17/h2-3,6-7,9,11,13,16H,4-5,8,10,12H2,1H3/t13-,16-/m0/s1. The lowest BCUT2D eigenvalue weighted by Crippen LogP contribution is -2.41. The Morgan fingerprint density at radius 3 is 3.00 bits per heavy atom. The molecule has 2 heterocycles. The van der Waals surface area contributed by atoms with Gasteiger partial charge in [-0.1, -0.05) is 25.1 Å². The molecule has 1 saturated heterocycles. The predicted octanol–water partition coefficient (Wildman–Crippen LogP) is 4.21. The van der Waals surface area contributed by atoms with Crippen LogP contribution in [0.5, 0.6) is 0 Å². The molecular weight excluding hydrogens is 311 g/mol. The van der Waals surface area contributed by atoms with Crippen molar-refractivity contribution in [2.45, 2.75) is 38.6 Å². The number of aromatic nitrogens is 1. The van der Waals surface area contributed by atoms with Gasteiger partial charge in [0.2, 0.25) is 5.91 Å². The number of halogens is 1. The van der Waals surface area contributed by atoms with Crippen LogP contribution in [0, 0.1) is 11.7 Å². The molecule has 3 nitrogen and oxygen atoms in total. The fourth-order valence-corrected chi connectivity index (χ4v) is 4.00. The molecule has 2 atom stereocenters. The van der Waals surface area contributed by atoms with Crippen molar-refractivity contribution < 1.29 is 9.18 Å². The van der Waals surface area contributed by atoms with Crippen LogP contribution in [0.1, 0.15) is 42.8 Å². The summed E-state index contributed by atoms with van der Waals surface area (Å²) >= 11 is 1.60. The number of rotatable bonds is 4. The highest BCUT2D eigenvalue weighted by atomic mass is 32.1. The first kappa shape index (κ1) is 16.1. The van der Waals surface area contributed by atoms with E-state index in [1.807, 2.05) is 23.3 Å². The number of amides is 1. The van der Waals surface area contributed by atoms with Crippen molar-refractivity contribution in [1.29, 1.82) is 0 Å². The molecule has 0 aliphatic carbocycles. The summed E-state index contributed by atoms with van der Waals surface area (Å²) in [5, 5.41) is 2.96. The Bertz CT molecular complexity index is 659. The zero-order valence-electron chi connectivity index (χ0n) is 13.2. The van der Waals surface area contributed by atoms with Crippen molar-refractivity contribution >= 4 is 17.2 Å². The van der Waals surface area contributed by atoms with Crippen molar-refractivity contribution in [2.24, 2.45) is 5.92 Å². The molecule has 0 radical (unpaired) electrons. The third-order valence-corrected chi connectivity index (χ3v) is 5.30. The van der Waals surface area contributed by atoms with Gasteiger partial charge in [-0.25, -0.2) is 9.37 Å². The lowest BCUT2D eigenvalue weighted by molar-refractivity contribution is -0.139. The van der Waals surface area contributed by atoms with Gasteiger partial charge in [0.1, 0.15) is 10.8 Å². The Kier molecular flexibility index (Phi) is 5.06. The number of carbonyl (C=O) groups excluding carboxylic acids is 1. The number of thiazole rings is 1. The number of hydrogen-bond acceptors (Lipinski definition) is 3. The molecule has 0 spiro atoms. The summed E-state index contributed by atoms with van der Waals surface area (Å²) < 4.78 is 13.8. The molecule has 0 bridgehead atoms. The highest BCUT2D eigenvalue weighted by molar-refractivity contribution is 7.09. The summed E-state index contributed by atoms with van der Waals surface area (Å²) in [5.41, 5.74) is 0.608. The maximum absolute atomic E-state index is 13.8. The minimum Gasteiger partial charge on any atom is -0.333 e. The monoisotopic (exact) mass is 332 g/mol. The van der Waals surface area contributed by atoms with E-state index < -0.39 is 0 Å². The van der Waals surface area contributed by atoms with E-state index in [2.05, 4.69) is 4.98 Å². The summed E-state index contributed by atoms with van der Waals surface area (Å²) in [5.74, 6) is -0.358. The van der Waals surface area contributed by atoms with Gasteiger partial charge in [0.05, 0.1) is 6.04 Å². The van der Waals surface area contributed by atoms with Crippen LogP contribution in [0.25, 0.3) is 0 Å². The molecule has 3 rings (SSSR count). The molecule has 1 fully saturated rings. The molecule has 1 aromatic heterocycles. The van der Waals surface area contributed by atoms with E-state index in [1.165, 1.54) is 6.07 Å². The number of benzene rings is 1. The smallest absolute Gasteiger partial charge is 0.226 e. The van der Waals surface area contributed by atoms with Crippen molar-refractivity contribution in [3.63, 3.8) is 0 Å². The molecule has 1 amide bonds. The molecule has 2 aromatic rings. The van der Waals surface area contributed by atoms with Gasteiger partial charge in [0.25, 0.3) is 0 Å². The molecule has 5 heteroatoms. The quantitative estimate of drug-likeness (QED) is 0.840. The lowest BCUT2D eigenvalue weighted by atomic mass is 9.96. The van der Waals surface area contributed by atoms with E-state index >= 15 is 0 Å². The second-order valence-electron chi connectivity index (χ2n) is 6.11. The molecule has 1 aliphatic heterocycles. The number of hydrogen-bond donors (Lipinski definition) is 0. The summed E-state index contributed by atoms with van der Waals surface area (Å²) in [6, 6.07) is 6.78. The Balaban J connectivity index is 1.73. The van der Waals surface area contributed by atoms with Crippen LogP contribution >= 0.6 is 11.3 Å². The molecule has 0 saturated carbocycles. The van der Waals surface area contributed by atoms with Crippen LogP contribution in [0.15, 0.2) is 35.8 Å². The van der Waals surface area contributed by atoms with Gasteiger partial charge in [0.15, 0.2) is 0 Å². The highest BCUT2D eigenvalue weighted by Crippen LogP contribution is 2.33. The van der Waals surface area contributed by atoms with Gasteiger partial charge < -0.3 is 4.90 Å². The van der Waals surface area contributed by atoms with E-state index in [9.17, 15) is 9.18 Å². The largest absolute Gasteiger partial charge is 0.333 e. The SMILES string of the molecule is C[C@@H](Cc1ccccc1F)C(=O)N1CCCC[C@H]1c1nccs1. The average molecular weight is 332 g/mol. The predicted molar refractivity (Wildman–Crippen MR) is 89.7 cm³/mol. The topological polar surface area (TPSA) is 33.2 Å². The Labute approximate surface area is 140 Å². The first-order valence-electron chi connectivity index (χ1n) is 8.10. The van der Waals surface area contributed by atoms with Gasteiger partial charge >= 0.3 is 0 Å². The lowest BCUT2D eigenvalue weighted by Gasteiger charge is -2.36. The molecule has 122 valence electrons. The van der Waals surface area contributed by atoms with Gasteiger partial charge in [-0.3, -0.25) is 4.79 Å². The molecule has 1 aliphatic rings. The van der Waals surface area contributed by atoms with Crippen LogP contribution in [-0.2, 0) is 11.2 Å². The van der Waals surface area contributed by atoms with E-state index in [-0.39, 0.29) is 23.7 Å². The Morgan fingerprint density at radius 1 is 1.43 bits per heavy atom. The van der Waals surface area contributed by atoms with Gasteiger partial charge in [0, 0.05) is 24.0 Å². The molecule has 0 N–H and O–H groups in total. The van der Waals surface area contributed by atoms with Crippen LogP contribution in [0.4, 0.5) is 4.39 Å². The third kappa shape index (κ3) is 3.61. The highest BCUT2D eigenvalue weighted by Gasteiger charge is 2.32. The second-order valence-corrected chi connectivity index (χ2v) is 7.04. The van der Waals surface area contributed by atoms with Gasteiger partial charge in [-0.2, -0.15) is 0 Å². The third-order valence-electron chi connectivity index (χ3n) is 4.43. The van der Waals surface area contributed by atoms with Crippen LogP contribution < -0.4 is 0 Å². The van der Waals surface area contributed by atoms with E-state index in [0.29, 0.717) is 12.0 Å². The molecule has 1 aromatic carbocycles. The van der Waals surface area contributed by atoms with E-state index in [1.54, 1.807) is 29.7 Å². The fraction of sp³-hybridized carbons (Fsp3) is 0.444. The summed E-state index contributed by atoms with van der Waals surface area (Å²) in [6.45, 7) is 2.66. The van der Waals surface area contributed by atoms with Gasteiger partial charge in [-0.15, -0.1) is 11.3 Å². The van der Waals surface area contributed by atoms with Crippen molar-refractivity contribution in [3.8, 4) is 0 Å². The Morgan fingerprint density at radius 2 is 2.26 bits per heavy atom.